The van der Waals surface area contributed by atoms with Crippen molar-refractivity contribution < 1.29 is 9.53 Å². The zero-order valence-electron chi connectivity index (χ0n) is 11.2. The summed E-state index contributed by atoms with van der Waals surface area (Å²) in [6, 6.07) is 11.7. The summed E-state index contributed by atoms with van der Waals surface area (Å²) in [6.45, 7) is 4.19. The van der Waals surface area contributed by atoms with Gasteiger partial charge in [-0.25, -0.2) is 4.68 Å². The van der Waals surface area contributed by atoms with Gasteiger partial charge >= 0.3 is 5.97 Å². The largest absolute Gasteiger partial charge is 0.465 e. The summed E-state index contributed by atoms with van der Waals surface area (Å²) in [5.74, 6) is -0.467. The quantitative estimate of drug-likeness (QED) is 0.774. The van der Waals surface area contributed by atoms with Crippen LogP contribution in [0.25, 0.3) is 5.69 Å². The fraction of sp³-hybridized carbons (Fsp3) is 0.333. The van der Waals surface area contributed by atoms with Crippen molar-refractivity contribution in [1.82, 2.24) is 9.78 Å². The van der Waals surface area contributed by atoms with Crippen LogP contribution in [0.2, 0.25) is 0 Å². The van der Waals surface area contributed by atoms with Crippen LogP contribution < -0.4 is 0 Å². The third-order valence-corrected chi connectivity index (χ3v) is 3.01. The van der Waals surface area contributed by atoms with Gasteiger partial charge in [0.05, 0.1) is 23.9 Å². The molecule has 0 aliphatic carbocycles. The fourth-order valence-corrected chi connectivity index (χ4v) is 2.10. The smallest absolute Gasteiger partial charge is 0.315 e. The van der Waals surface area contributed by atoms with Crippen LogP contribution in [0, 0.1) is 0 Å². The first-order valence-corrected chi connectivity index (χ1v) is 6.53. The Morgan fingerprint density at radius 3 is 2.63 bits per heavy atom. The van der Waals surface area contributed by atoms with Crippen LogP contribution in [0.4, 0.5) is 0 Å². The standard InChI is InChI=1S/C15H18N2O2/c1-3-13(15(18)19-4-2)14-10-11-16-17(14)12-8-6-5-7-9-12/h5-11,13H,3-4H2,1-2H3. The molecule has 0 spiro atoms. The molecule has 0 aliphatic heterocycles. The van der Waals surface area contributed by atoms with E-state index in [1.54, 1.807) is 10.9 Å². The second kappa shape index (κ2) is 6.18. The number of nitrogens with zero attached hydrogens (tertiary/aromatic N) is 2. The van der Waals surface area contributed by atoms with Gasteiger partial charge in [-0.15, -0.1) is 0 Å². The van der Waals surface area contributed by atoms with Crippen molar-refractivity contribution in [2.24, 2.45) is 0 Å². The molecule has 1 aromatic heterocycles. The van der Waals surface area contributed by atoms with E-state index in [2.05, 4.69) is 5.10 Å². The lowest BCUT2D eigenvalue weighted by atomic mass is 10.0. The number of rotatable bonds is 5. The molecule has 1 atom stereocenters. The first kappa shape index (κ1) is 13.3. The van der Waals surface area contributed by atoms with E-state index in [1.807, 2.05) is 50.2 Å². The fourth-order valence-electron chi connectivity index (χ4n) is 2.10. The van der Waals surface area contributed by atoms with Crippen LogP contribution in [-0.4, -0.2) is 22.4 Å². The maximum absolute atomic E-state index is 12.0. The third-order valence-electron chi connectivity index (χ3n) is 3.01. The SMILES string of the molecule is CCOC(=O)C(CC)c1ccnn1-c1ccccc1. The highest BCUT2D eigenvalue weighted by atomic mass is 16.5. The summed E-state index contributed by atoms with van der Waals surface area (Å²) in [6.07, 6.45) is 2.40. The maximum Gasteiger partial charge on any atom is 0.315 e. The molecular formula is C15H18N2O2. The predicted molar refractivity (Wildman–Crippen MR) is 73.2 cm³/mol. The topological polar surface area (TPSA) is 44.1 Å². The van der Waals surface area contributed by atoms with Gasteiger partial charge in [0.25, 0.3) is 0 Å². The number of hydrogen-bond donors (Lipinski definition) is 0. The zero-order valence-corrected chi connectivity index (χ0v) is 11.2. The van der Waals surface area contributed by atoms with Gasteiger partial charge in [-0.1, -0.05) is 25.1 Å². The van der Waals surface area contributed by atoms with Crippen LogP contribution in [0.1, 0.15) is 31.9 Å². The molecule has 4 heteroatoms. The Hall–Kier alpha value is -2.10. The molecule has 4 nitrogen and oxygen atoms in total. The molecule has 0 saturated heterocycles. The van der Waals surface area contributed by atoms with Gasteiger partial charge in [-0.2, -0.15) is 5.10 Å². The van der Waals surface area contributed by atoms with E-state index >= 15 is 0 Å². The number of carbonyl (C=O) groups excluding carboxylic acids is 1. The van der Waals surface area contributed by atoms with Gasteiger partial charge in [0.2, 0.25) is 0 Å². The zero-order chi connectivity index (χ0) is 13.7. The third kappa shape index (κ3) is 2.84. The molecule has 0 bridgehead atoms. The van der Waals surface area contributed by atoms with Gasteiger partial charge in [-0.3, -0.25) is 4.79 Å². The predicted octanol–water partition coefficient (Wildman–Crippen LogP) is 2.93. The van der Waals surface area contributed by atoms with E-state index in [9.17, 15) is 4.79 Å². The van der Waals surface area contributed by atoms with Gasteiger partial charge in [0.15, 0.2) is 0 Å². The molecule has 100 valence electrons. The monoisotopic (exact) mass is 258 g/mol. The number of carbonyl (C=O) groups is 1. The van der Waals surface area contributed by atoms with Crippen molar-refractivity contribution in [3.05, 3.63) is 48.3 Å². The molecule has 2 rings (SSSR count). The molecule has 19 heavy (non-hydrogen) atoms. The molecule has 2 aromatic rings. The number of aromatic nitrogens is 2. The maximum atomic E-state index is 12.0. The molecule has 0 radical (unpaired) electrons. The minimum absolute atomic E-state index is 0.192. The summed E-state index contributed by atoms with van der Waals surface area (Å²) < 4.78 is 6.93. The van der Waals surface area contributed by atoms with Gasteiger partial charge in [0, 0.05) is 6.20 Å². The Bertz CT molecular complexity index is 534. The van der Waals surface area contributed by atoms with Crippen molar-refractivity contribution in [2.75, 3.05) is 6.61 Å². The van der Waals surface area contributed by atoms with E-state index in [4.69, 9.17) is 4.74 Å². The van der Waals surface area contributed by atoms with E-state index in [0.29, 0.717) is 13.0 Å². The molecule has 1 unspecified atom stereocenters. The van der Waals surface area contributed by atoms with Crippen molar-refractivity contribution in [1.29, 1.82) is 0 Å². The Balaban J connectivity index is 2.35. The Morgan fingerprint density at radius 1 is 1.26 bits per heavy atom. The van der Waals surface area contributed by atoms with Gasteiger partial charge < -0.3 is 4.74 Å². The Kier molecular flexibility index (Phi) is 4.34. The van der Waals surface area contributed by atoms with Crippen LogP contribution in [0.15, 0.2) is 42.6 Å². The van der Waals surface area contributed by atoms with Crippen LogP contribution in [0.5, 0.6) is 0 Å². The second-order valence-electron chi connectivity index (χ2n) is 4.22. The molecule has 0 amide bonds. The minimum Gasteiger partial charge on any atom is -0.465 e. The van der Waals surface area contributed by atoms with Crippen molar-refractivity contribution in [3.63, 3.8) is 0 Å². The summed E-state index contributed by atoms with van der Waals surface area (Å²) in [4.78, 5) is 12.0. The lowest BCUT2D eigenvalue weighted by Crippen LogP contribution is -2.18. The van der Waals surface area contributed by atoms with Crippen molar-refractivity contribution >= 4 is 5.97 Å². The lowest BCUT2D eigenvalue weighted by Gasteiger charge is -2.15. The summed E-state index contributed by atoms with van der Waals surface area (Å²) in [7, 11) is 0. The second-order valence-corrected chi connectivity index (χ2v) is 4.22. The van der Waals surface area contributed by atoms with E-state index < -0.39 is 0 Å². The van der Waals surface area contributed by atoms with Crippen LogP contribution >= 0.6 is 0 Å². The van der Waals surface area contributed by atoms with Gasteiger partial charge in [-0.05, 0) is 31.5 Å². The average molecular weight is 258 g/mol. The van der Waals surface area contributed by atoms with E-state index in [1.165, 1.54) is 0 Å². The molecule has 1 aromatic carbocycles. The number of hydrogen-bond acceptors (Lipinski definition) is 3. The van der Waals surface area contributed by atoms with E-state index in [0.717, 1.165) is 11.4 Å². The Labute approximate surface area is 113 Å². The summed E-state index contributed by atoms with van der Waals surface area (Å²) >= 11 is 0. The van der Waals surface area contributed by atoms with Crippen molar-refractivity contribution in [3.8, 4) is 5.69 Å². The first-order chi connectivity index (χ1) is 9.27. The minimum atomic E-state index is -0.275. The van der Waals surface area contributed by atoms with Crippen molar-refractivity contribution in [2.45, 2.75) is 26.2 Å². The summed E-state index contributed by atoms with van der Waals surface area (Å²) in [5, 5.41) is 4.31. The van der Waals surface area contributed by atoms with E-state index in [-0.39, 0.29) is 11.9 Å². The molecule has 0 N–H and O–H groups in total. The summed E-state index contributed by atoms with van der Waals surface area (Å²) in [5.41, 5.74) is 1.82. The van der Waals surface area contributed by atoms with Crippen LogP contribution in [-0.2, 0) is 9.53 Å². The van der Waals surface area contributed by atoms with Gasteiger partial charge in [0.1, 0.15) is 0 Å². The molecule has 0 saturated carbocycles. The highest BCUT2D eigenvalue weighted by Gasteiger charge is 2.24. The highest BCUT2D eigenvalue weighted by Crippen LogP contribution is 2.23. The molecule has 1 heterocycles. The molecule has 0 aliphatic rings. The molecule has 0 fully saturated rings. The average Bonchev–Trinajstić information content (AvgIpc) is 2.90. The lowest BCUT2D eigenvalue weighted by molar-refractivity contribution is -0.145. The number of para-hydroxylation sites is 1. The molecular weight excluding hydrogens is 240 g/mol. The Morgan fingerprint density at radius 2 is 2.00 bits per heavy atom. The normalized spacial score (nSPS) is 12.1. The first-order valence-electron chi connectivity index (χ1n) is 6.53. The van der Waals surface area contributed by atoms with Crippen LogP contribution in [0.3, 0.4) is 0 Å². The number of ether oxygens (including phenoxy) is 1. The number of esters is 1. The highest BCUT2D eigenvalue weighted by molar-refractivity contribution is 5.77. The number of benzene rings is 1.